The molecule has 2 saturated carbocycles. The van der Waals surface area contributed by atoms with Gasteiger partial charge in [0, 0.05) is 6.42 Å². The van der Waals surface area contributed by atoms with E-state index < -0.39 is 11.5 Å². The van der Waals surface area contributed by atoms with Crippen molar-refractivity contribution in [3.63, 3.8) is 0 Å². The lowest BCUT2D eigenvalue weighted by Crippen LogP contribution is -2.45. The molecule has 0 aromatic heterocycles. The Morgan fingerprint density at radius 2 is 2.00 bits per heavy atom. The smallest absolute Gasteiger partial charge is 0.141 e. The fourth-order valence-electron chi connectivity index (χ4n) is 2.99. The highest BCUT2D eigenvalue weighted by Gasteiger charge is 2.63. The van der Waals surface area contributed by atoms with Gasteiger partial charge in [-0.3, -0.25) is 4.79 Å². The molecule has 2 aliphatic rings. The van der Waals surface area contributed by atoms with Gasteiger partial charge in [0.1, 0.15) is 5.78 Å². The normalized spacial score (nSPS) is 50.2. The van der Waals surface area contributed by atoms with Crippen LogP contribution >= 0.6 is 0 Å². The first-order valence-electron chi connectivity index (χ1n) is 4.60. The van der Waals surface area contributed by atoms with Gasteiger partial charge in [-0.05, 0) is 17.8 Å². The predicted molar refractivity (Wildman–Crippen MR) is 45.6 cm³/mol. The van der Waals surface area contributed by atoms with Crippen LogP contribution in [0.5, 0.6) is 0 Å². The highest BCUT2D eigenvalue weighted by molar-refractivity contribution is 5.89. The number of carbonyl (C=O) groups excluding carboxylic acids is 1. The van der Waals surface area contributed by atoms with Gasteiger partial charge in [0.25, 0.3) is 0 Å². The van der Waals surface area contributed by atoms with Crippen LogP contribution in [-0.4, -0.2) is 17.0 Å². The summed E-state index contributed by atoms with van der Waals surface area (Å²) in [5, 5.41) is 9.96. The van der Waals surface area contributed by atoms with Gasteiger partial charge in [-0.25, -0.2) is 0 Å². The van der Waals surface area contributed by atoms with Crippen molar-refractivity contribution in [2.24, 2.45) is 16.7 Å². The van der Waals surface area contributed by atoms with Crippen molar-refractivity contribution in [2.45, 2.75) is 39.7 Å². The quantitative estimate of drug-likeness (QED) is 0.593. The molecule has 0 saturated heterocycles. The van der Waals surface area contributed by atoms with Gasteiger partial charge < -0.3 is 5.11 Å². The van der Waals surface area contributed by atoms with E-state index in [1.807, 2.05) is 6.92 Å². The van der Waals surface area contributed by atoms with E-state index in [4.69, 9.17) is 0 Å². The molecule has 2 nitrogen and oxygen atoms in total. The number of aliphatic hydroxyl groups excluding tert-OH is 1. The molecule has 12 heavy (non-hydrogen) atoms. The molecule has 0 heterocycles. The highest BCUT2D eigenvalue weighted by Crippen LogP contribution is 2.60. The molecule has 68 valence electrons. The SMILES string of the molecule is CC12CC(CC1=O)C(C)(C)C2O. The van der Waals surface area contributed by atoms with Crippen LogP contribution < -0.4 is 0 Å². The molecule has 3 atom stereocenters. The van der Waals surface area contributed by atoms with Gasteiger partial charge in [0.2, 0.25) is 0 Å². The standard InChI is InChI=1S/C10H16O2/c1-9(2)6-4-7(11)10(3,5-6)8(9)12/h6,8,12H,4-5H2,1-3H3. The Kier molecular flexibility index (Phi) is 1.32. The Morgan fingerprint density at radius 1 is 1.42 bits per heavy atom. The maximum absolute atomic E-state index is 11.5. The van der Waals surface area contributed by atoms with Crippen molar-refractivity contribution in [1.29, 1.82) is 0 Å². The molecule has 0 aromatic carbocycles. The molecular formula is C10H16O2. The van der Waals surface area contributed by atoms with E-state index in [9.17, 15) is 9.90 Å². The molecular weight excluding hydrogens is 152 g/mol. The summed E-state index contributed by atoms with van der Waals surface area (Å²) in [5.74, 6) is 0.671. The fraction of sp³-hybridized carbons (Fsp3) is 0.900. The topological polar surface area (TPSA) is 37.3 Å². The summed E-state index contributed by atoms with van der Waals surface area (Å²) in [7, 11) is 0. The highest BCUT2D eigenvalue weighted by atomic mass is 16.3. The van der Waals surface area contributed by atoms with Gasteiger partial charge in [-0.1, -0.05) is 20.8 Å². The molecule has 2 rings (SSSR count). The molecule has 1 N–H and O–H groups in total. The van der Waals surface area contributed by atoms with Crippen LogP contribution in [0, 0.1) is 16.7 Å². The van der Waals surface area contributed by atoms with E-state index in [2.05, 4.69) is 13.8 Å². The number of ketones is 1. The third kappa shape index (κ3) is 0.674. The number of Topliss-reactive ketones (excluding diaryl/α,β-unsaturated/α-hetero) is 1. The third-order valence-corrected chi connectivity index (χ3v) is 4.10. The number of fused-ring (bicyclic) bond motifs is 2. The zero-order valence-corrected chi connectivity index (χ0v) is 7.92. The lowest BCUT2D eigenvalue weighted by Gasteiger charge is -2.37. The number of hydrogen-bond acceptors (Lipinski definition) is 2. The van der Waals surface area contributed by atoms with Crippen LogP contribution in [0.25, 0.3) is 0 Å². The second kappa shape index (κ2) is 1.92. The summed E-state index contributed by atoms with van der Waals surface area (Å²) in [4.78, 5) is 11.5. The first-order valence-corrected chi connectivity index (χ1v) is 4.60. The van der Waals surface area contributed by atoms with Gasteiger partial charge in [0.05, 0.1) is 11.5 Å². The van der Waals surface area contributed by atoms with Crippen LogP contribution in [0.2, 0.25) is 0 Å². The van der Waals surface area contributed by atoms with E-state index in [1.54, 1.807) is 0 Å². The fourth-order valence-corrected chi connectivity index (χ4v) is 2.99. The van der Waals surface area contributed by atoms with Crippen molar-refractivity contribution >= 4 is 5.78 Å². The summed E-state index contributed by atoms with van der Waals surface area (Å²) in [6.45, 7) is 6.05. The first kappa shape index (κ1) is 8.24. The molecule has 0 radical (unpaired) electrons. The lowest BCUT2D eigenvalue weighted by molar-refractivity contribution is -0.138. The van der Waals surface area contributed by atoms with E-state index >= 15 is 0 Å². The predicted octanol–water partition coefficient (Wildman–Crippen LogP) is 1.37. The average Bonchev–Trinajstić information content (AvgIpc) is 2.34. The molecule has 3 unspecified atom stereocenters. The molecule has 0 spiro atoms. The Bertz CT molecular complexity index is 244. The Morgan fingerprint density at radius 3 is 2.33 bits per heavy atom. The minimum absolute atomic E-state index is 0.0529. The maximum atomic E-state index is 11.5. The van der Waals surface area contributed by atoms with Crippen LogP contribution in [0.4, 0.5) is 0 Å². The van der Waals surface area contributed by atoms with Gasteiger partial charge in [-0.2, -0.15) is 0 Å². The van der Waals surface area contributed by atoms with Crippen LogP contribution in [0.3, 0.4) is 0 Å². The van der Waals surface area contributed by atoms with Crippen molar-refractivity contribution in [1.82, 2.24) is 0 Å². The van der Waals surface area contributed by atoms with Crippen LogP contribution in [0.1, 0.15) is 33.6 Å². The number of rotatable bonds is 0. The monoisotopic (exact) mass is 168 g/mol. The molecule has 2 bridgehead atoms. The molecule has 0 aromatic rings. The molecule has 2 fully saturated rings. The largest absolute Gasteiger partial charge is 0.392 e. The molecule has 0 amide bonds. The Labute approximate surface area is 73.0 Å². The van der Waals surface area contributed by atoms with Crippen molar-refractivity contribution in [3.8, 4) is 0 Å². The van der Waals surface area contributed by atoms with Gasteiger partial charge in [-0.15, -0.1) is 0 Å². The molecule has 2 heteroatoms. The molecule has 2 aliphatic carbocycles. The summed E-state index contributed by atoms with van der Waals surface area (Å²) >= 11 is 0. The number of aliphatic hydroxyl groups is 1. The maximum Gasteiger partial charge on any atom is 0.141 e. The Hall–Kier alpha value is -0.370. The zero-order chi connectivity index (χ0) is 9.15. The van der Waals surface area contributed by atoms with Crippen LogP contribution in [0.15, 0.2) is 0 Å². The van der Waals surface area contributed by atoms with Crippen molar-refractivity contribution < 1.29 is 9.90 Å². The second-order valence-electron chi connectivity index (χ2n) is 5.17. The van der Waals surface area contributed by atoms with Crippen LogP contribution in [-0.2, 0) is 4.79 Å². The van der Waals surface area contributed by atoms with Gasteiger partial charge in [0.15, 0.2) is 0 Å². The summed E-state index contributed by atoms with van der Waals surface area (Å²) in [6, 6.07) is 0. The lowest BCUT2D eigenvalue weighted by atomic mass is 9.70. The molecule has 0 aliphatic heterocycles. The zero-order valence-electron chi connectivity index (χ0n) is 7.92. The van der Waals surface area contributed by atoms with Crippen molar-refractivity contribution in [3.05, 3.63) is 0 Å². The third-order valence-electron chi connectivity index (χ3n) is 4.10. The van der Waals surface area contributed by atoms with Crippen molar-refractivity contribution in [2.75, 3.05) is 0 Å². The Balaban J connectivity index is 2.42. The second-order valence-corrected chi connectivity index (χ2v) is 5.17. The first-order chi connectivity index (χ1) is 5.39. The minimum atomic E-state index is -0.434. The van der Waals surface area contributed by atoms with E-state index in [1.165, 1.54) is 0 Å². The van der Waals surface area contributed by atoms with E-state index in [-0.39, 0.29) is 11.2 Å². The summed E-state index contributed by atoms with van der Waals surface area (Å²) in [6.07, 6.45) is 1.14. The minimum Gasteiger partial charge on any atom is -0.392 e. The van der Waals surface area contributed by atoms with E-state index in [0.717, 1.165) is 6.42 Å². The van der Waals surface area contributed by atoms with Gasteiger partial charge >= 0.3 is 0 Å². The average molecular weight is 168 g/mol. The number of carbonyl (C=O) groups is 1. The summed E-state index contributed by atoms with van der Waals surface area (Å²) < 4.78 is 0. The van der Waals surface area contributed by atoms with E-state index in [0.29, 0.717) is 12.3 Å². The summed E-state index contributed by atoms with van der Waals surface area (Å²) in [5.41, 5.74) is -0.475. The number of hydrogen-bond donors (Lipinski definition) is 1.